The first kappa shape index (κ1) is 15.0. The quantitative estimate of drug-likeness (QED) is 0.916. The molecule has 5 nitrogen and oxygen atoms in total. The number of benzene rings is 1. The van der Waals surface area contributed by atoms with Crippen LogP contribution in [0.4, 0.5) is 0 Å². The molecule has 2 fully saturated rings. The number of nitrogens with zero attached hydrogens (tertiary/aromatic N) is 1. The van der Waals surface area contributed by atoms with Crippen LogP contribution in [0.25, 0.3) is 11.1 Å². The minimum Gasteiger partial charge on any atom is -0.441 e. The van der Waals surface area contributed by atoms with Crippen molar-refractivity contribution in [2.24, 2.45) is 0 Å². The molecule has 6 heteroatoms. The van der Waals surface area contributed by atoms with Gasteiger partial charge in [-0.3, -0.25) is 4.79 Å². The molecule has 0 aliphatic carbocycles. The predicted molar refractivity (Wildman–Crippen MR) is 89.9 cm³/mol. The van der Waals surface area contributed by atoms with Crippen molar-refractivity contribution in [1.82, 2.24) is 10.3 Å². The van der Waals surface area contributed by atoms with Gasteiger partial charge in [-0.1, -0.05) is 6.07 Å². The molecular weight excluding hydrogens is 312 g/mol. The second kappa shape index (κ2) is 5.83. The smallest absolute Gasteiger partial charge is 0.253 e. The van der Waals surface area contributed by atoms with Gasteiger partial charge in [0, 0.05) is 25.3 Å². The Morgan fingerprint density at radius 1 is 1.48 bits per heavy atom. The van der Waals surface area contributed by atoms with Gasteiger partial charge in [0.1, 0.15) is 5.52 Å². The van der Waals surface area contributed by atoms with Gasteiger partial charge in [-0.25, -0.2) is 4.98 Å². The average Bonchev–Trinajstić information content (AvgIpc) is 3.12. The highest BCUT2D eigenvalue weighted by molar-refractivity contribution is 7.99. The molecule has 2 aliphatic heterocycles. The van der Waals surface area contributed by atoms with Gasteiger partial charge in [-0.05, 0) is 37.1 Å². The van der Waals surface area contributed by atoms with E-state index in [9.17, 15) is 4.79 Å². The first-order valence-corrected chi connectivity index (χ1v) is 9.19. The third-order valence-corrected chi connectivity index (χ3v) is 5.89. The molecule has 23 heavy (non-hydrogen) atoms. The minimum atomic E-state index is -0.0726. The molecule has 2 aliphatic rings. The summed E-state index contributed by atoms with van der Waals surface area (Å²) >= 11 is 1.94. The number of amides is 1. The van der Waals surface area contributed by atoms with E-state index in [0.29, 0.717) is 22.6 Å². The van der Waals surface area contributed by atoms with E-state index in [1.807, 2.05) is 23.9 Å². The Kier molecular flexibility index (Phi) is 3.81. The van der Waals surface area contributed by atoms with Crippen LogP contribution in [0.1, 0.15) is 35.5 Å². The molecule has 122 valence electrons. The van der Waals surface area contributed by atoms with Crippen LogP contribution < -0.4 is 5.32 Å². The van der Waals surface area contributed by atoms with E-state index in [0.717, 1.165) is 37.4 Å². The fraction of sp³-hybridized carbons (Fsp3) is 0.529. The van der Waals surface area contributed by atoms with Gasteiger partial charge >= 0.3 is 0 Å². The SMILES string of the molecule is Cc1nc2c(C(=O)N[C@@H]3CCO[C@]4(CCSC4)C3)cccc2o1. The number of rotatable bonds is 2. The summed E-state index contributed by atoms with van der Waals surface area (Å²) in [5, 5.41) is 3.18. The first-order valence-electron chi connectivity index (χ1n) is 8.04. The number of carbonyl (C=O) groups is 1. The van der Waals surface area contributed by atoms with E-state index in [4.69, 9.17) is 9.15 Å². The molecule has 3 heterocycles. The highest BCUT2D eigenvalue weighted by atomic mass is 32.2. The molecule has 1 amide bonds. The average molecular weight is 332 g/mol. The van der Waals surface area contributed by atoms with Gasteiger partial charge < -0.3 is 14.5 Å². The molecule has 1 spiro atoms. The lowest BCUT2D eigenvalue weighted by atomic mass is 9.89. The number of para-hydroxylation sites is 1. The van der Waals surface area contributed by atoms with Crippen molar-refractivity contribution in [3.63, 3.8) is 0 Å². The van der Waals surface area contributed by atoms with E-state index >= 15 is 0 Å². The lowest BCUT2D eigenvalue weighted by Gasteiger charge is -2.38. The van der Waals surface area contributed by atoms with Gasteiger partial charge in [0.15, 0.2) is 11.5 Å². The van der Waals surface area contributed by atoms with Crippen molar-refractivity contribution in [1.29, 1.82) is 0 Å². The van der Waals surface area contributed by atoms with Crippen molar-refractivity contribution >= 4 is 28.8 Å². The van der Waals surface area contributed by atoms with Gasteiger partial charge in [-0.2, -0.15) is 11.8 Å². The second-order valence-corrected chi connectivity index (χ2v) is 7.49. The van der Waals surface area contributed by atoms with Crippen LogP contribution in [0.5, 0.6) is 0 Å². The molecule has 1 aromatic heterocycles. The summed E-state index contributed by atoms with van der Waals surface area (Å²) in [6.45, 7) is 2.51. The largest absolute Gasteiger partial charge is 0.441 e. The van der Waals surface area contributed by atoms with Crippen LogP contribution in [0, 0.1) is 6.92 Å². The zero-order valence-electron chi connectivity index (χ0n) is 13.1. The molecular formula is C17H20N2O3S. The second-order valence-electron chi connectivity index (χ2n) is 6.38. The zero-order chi connectivity index (χ0) is 15.9. The fourth-order valence-electron chi connectivity index (χ4n) is 3.52. The van der Waals surface area contributed by atoms with Crippen molar-refractivity contribution in [2.45, 2.75) is 37.8 Å². The lowest BCUT2D eigenvalue weighted by molar-refractivity contribution is -0.0688. The molecule has 1 N–H and O–H groups in total. The maximum atomic E-state index is 12.7. The van der Waals surface area contributed by atoms with E-state index in [1.54, 1.807) is 13.0 Å². The Morgan fingerprint density at radius 3 is 3.22 bits per heavy atom. The summed E-state index contributed by atoms with van der Waals surface area (Å²) in [4.78, 5) is 17.0. The number of aryl methyl sites for hydroxylation is 1. The van der Waals surface area contributed by atoms with Crippen LogP contribution in [0.15, 0.2) is 22.6 Å². The van der Waals surface area contributed by atoms with Crippen LogP contribution in [0.3, 0.4) is 0 Å². The van der Waals surface area contributed by atoms with Crippen molar-refractivity contribution in [3.05, 3.63) is 29.7 Å². The minimum absolute atomic E-state index is 0.0304. The standard InChI is InChI=1S/C17H20N2O3S/c1-11-18-15-13(3-2-4-14(15)22-11)16(20)19-12-5-7-21-17(9-12)6-8-23-10-17/h2-4,12H,5-10H2,1H3,(H,19,20)/t12-,17-/m1/s1. The molecule has 0 radical (unpaired) electrons. The maximum Gasteiger partial charge on any atom is 0.253 e. The van der Waals surface area contributed by atoms with Gasteiger partial charge in [0.2, 0.25) is 0 Å². The third kappa shape index (κ3) is 2.85. The van der Waals surface area contributed by atoms with Crippen LogP contribution in [0.2, 0.25) is 0 Å². The molecule has 1 aromatic carbocycles. The van der Waals surface area contributed by atoms with E-state index in [1.165, 1.54) is 0 Å². The molecule has 0 bridgehead atoms. The Bertz CT molecular complexity index is 737. The Labute approximate surface area is 139 Å². The maximum absolute atomic E-state index is 12.7. The van der Waals surface area contributed by atoms with E-state index < -0.39 is 0 Å². The van der Waals surface area contributed by atoms with Gasteiger partial charge in [0.25, 0.3) is 5.91 Å². The number of carbonyl (C=O) groups excluding carboxylic acids is 1. The number of oxazole rings is 1. The van der Waals surface area contributed by atoms with Crippen molar-refractivity contribution < 1.29 is 13.9 Å². The first-order chi connectivity index (χ1) is 11.2. The highest BCUT2D eigenvalue weighted by Crippen LogP contribution is 2.38. The topological polar surface area (TPSA) is 64.4 Å². The zero-order valence-corrected chi connectivity index (χ0v) is 13.9. The van der Waals surface area contributed by atoms with E-state index in [-0.39, 0.29) is 17.6 Å². The number of hydrogen-bond donors (Lipinski definition) is 1. The number of aromatic nitrogens is 1. The molecule has 0 unspecified atom stereocenters. The monoisotopic (exact) mass is 332 g/mol. The molecule has 2 aromatic rings. The molecule has 2 saturated heterocycles. The van der Waals surface area contributed by atoms with E-state index in [2.05, 4.69) is 10.3 Å². The lowest BCUT2D eigenvalue weighted by Crippen LogP contribution is -2.48. The Hall–Kier alpha value is -1.53. The summed E-state index contributed by atoms with van der Waals surface area (Å²) < 4.78 is 11.5. The Morgan fingerprint density at radius 2 is 2.39 bits per heavy atom. The summed E-state index contributed by atoms with van der Waals surface area (Å²) in [7, 11) is 0. The van der Waals surface area contributed by atoms with Crippen molar-refractivity contribution in [2.75, 3.05) is 18.1 Å². The fourth-order valence-corrected chi connectivity index (χ4v) is 4.90. The Balaban J connectivity index is 1.52. The number of nitrogens with one attached hydrogen (secondary N) is 1. The molecule has 0 saturated carbocycles. The summed E-state index contributed by atoms with van der Waals surface area (Å²) in [5.74, 6) is 2.69. The molecule has 4 rings (SSSR count). The number of thioether (sulfide) groups is 1. The number of fused-ring (bicyclic) bond motifs is 1. The number of hydrogen-bond acceptors (Lipinski definition) is 5. The summed E-state index contributed by atoms with van der Waals surface area (Å²) in [6.07, 6.45) is 2.85. The number of ether oxygens (including phenoxy) is 1. The van der Waals surface area contributed by atoms with Crippen LogP contribution in [-0.2, 0) is 4.74 Å². The van der Waals surface area contributed by atoms with Crippen molar-refractivity contribution in [3.8, 4) is 0 Å². The normalized spacial score (nSPS) is 27.6. The summed E-state index contributed by atoms with van der Waals surface area (Å²) in [6, 6.07) is 5.64. The van der Waals surface area contributed by atoms with Gasteiger partial charge in [-0.15, -0.1) is 0 Å². The highest BCUT2D eigenvalue weighted by Gasteiger charge is 2.40. The van der Waals surface area contributed by atoms with Crippen LogP contribution in [-0.4, -0.2) is 40.6 Å². The van der Waals surface area contributed by atoms with Crippen LogP contribution >= 0.6 is 11.8 Å². The molecule has 2 atom stereocenters. The summed E-state index contributed by atoms with van der Waals surface area (Å²) in [5.41, 5.74) is 1.85. The van der Waals surface area contributed by atoms with Gasteiger partial charge in [0.05, 0.1) is 11.2 Å². The third-order valence-electron chi connectivity index (χ3n) is 4.67. The predicted octanol–water partition coefficient (Wildman–Crippen LogP) is 2.92.